The Hall–Kier alpha value is -2.89. The van der Waals surface area contributed by atoms with E-state index in [0.29, 0.717) is 31.6 Å². The van der Waals surface area contributed by atoms with Crippen molar-refractivity contribution in [1.29, 1.82) is 0 Å². The summed E-state index contributed by atoms with van der Waals surface area (Å²) in [5.74, 6) is -0.918. The third-order valence-electron chi connectivity index (χ3n) is 4.41. The highest BCUT2D eigenvalue weighted by molar-refractivity contribution is 5.89. The van der Waals surface area contributed by atoms with E-state index in [1.807, 2.05) is 30.3 Å². The number of aromatic nitrogens is 1. The van der Waals surface area contributed by atoms with E-state index < -0.39 is 5.97 Å². The van der Waals surface area contributed by atoms with Gasteiger partial charge in [0.25, 0.3) is 0 Å². The molecule has 0 spiro atoms. The number of nitrogens with zero attached hydrogens (tertiary/aromatic N) is 2. The van der Waals surface area contributed by atoms with Crippen molar-refractivity contribution in [3.63, 3.8) is 0 Å². The molecule has 130 valence electrons. The number of carboxylic acid groups (broad SMARTS) is 1. The van der Waals surface area contributed by atoms with E-state index in [1.165, 1.54) is 0 Å². The van der Waals surface area contributed by atoms with Crippen LogP contribution in [0, 0.1) is 0 Å². The maximum Gasteiger partial charge on any atom is 0.410 e. The molecule has 2 aromatic rings. The summed E-state index contributed by atoms with van der Waals surface area (Å²) in [6, 6.07) is 12.7. The van der Waals surface area contributed by atoms with Crippen LogP contribution in [0.1, 0.15) is 40.4 Å². The Morgan fingerprint density at radius 3 is 2.52 bits per heavy atom. The zero-order chi connectivity index (χ0) is 17.6. The molecule has 1 fully saturated rings. The van der Waals surface area contributed by atoms with Crippen LogP contribution in [0.25, 0.3) is 0 Å². The Morgan fingerprint density at radius 1 is 1.12 bits per heavy atom. The molecule has 6 heteroatoms. The van der Waals surface area contributed by atoms with Gasteiger partial charge >= 0.3 is 12.1 Å². The summed E-state index contributed by atoms with van der Waals surface area (Å²) in [5, 5.41) is 9.29. The molecule has 0 radical (unpaired) electrons. The summed E-state index contributed by atoms with van der Waals surface area (Å²) < 4.78 is 5.35. The van der Waals surface area contributed by atoms with Crippen LogP contribution in [-0.2, 0) is 11.3 Å². The SMILES string of the molecule is O=C(O)c1cccnc1C1CCN(C(=O)OCc2ccccc2)CC1. The van der Waals surface area contributed by atoms with Crippen LogP contribution < -0.4 is 0 Å². The second kappa shape index (κ2) is 7.79. The highest BCUT2D eigenvalue weighted by Crippen LogP contribution is 2.29. The number of carbonyl (C=O) groups is 2. The molecule has 6 nitrogen and oxygen atoms in total. The second-order valence-corrected chi connectivity index (χ2v) is 6.04. The Morgan fingerprint density at radius 2 is 1.84 bits per heavy atom. The Balaban J connectivity index is 1.55. The minimum Gasteiger partial charge on any atom is -0.478 e. The number of rotatable bonds is 4. The van der Waals surface area contributed by atoms with Crippen LogP contribution in [0.5, 0.6) is 0 Å². The number of likely N-dealkylation sites (tertiary alicyclic amines) is 1. The first-order valence-corrected chi connectivity index (χ1v) is 8.29. The first-order chi connectivity index (χ1) is 12.1. The number of ether oxygens (including phenoxy) is 1. The standard InChI is InChI=1S/C19H20N2O4/c22-18(23)16-7-4-10-20-17(16)15-8-11-21(12-9-15)19(24)25-13-14-5-2-1-3-6-14/h1-7,10,15H,8-9,11-13H2,(H,22,23). The van der Waals surface area contributed by atoms with Crippen molar-refractivity contribution in [3.05, 3.63) is 65.5 Å². The maximum absolute atomic E-state index is 12.2. The van der Waals surface area contributed by atoms with Gasteiger partial charge in [-0.25, -0.2) is 9.59 Å². The number of amides is 1. The van der Waals surface area contributed by atoms with Crippen molar-refractivity contribution in [2.24, 2.45) is 0 Å². The van der Waals surface area contributed by atoms with E-state index in [9.17, 15) is 14.7 Å². The van der Waals surface area contributed by atoms with Gasteiger partial charge in [0.15, 0.2) is 0 Å². The number of hydrogen-bond acceptors (Lipinski definition) is 4. The maximum atomic E-state index is 12.2. The van der Waals surface area contributed by atoms with E-state index in [4.69, 9.17) is 4.74 Å². The number of carbonyl (C=O) groups excluding carboxylic acids is 1. The molecule has 3 rings (SSSR count). The van der Waals surface area contributed by atoms with Crippen LogP contribution in [0.15, 0.2) is 48.7 Å². The average Bonchev–Trinajstić information content (AvgIpc) is 2.67. The molecule has 1 aromatic heterocycles. The van der Waals surface area contributed by atoms with Gasteiger partial charge in [-0.05, 0) is 30.5 Å². The summed E-state index contributed by atoms with van der Waals surface area (Å²) in [5.41, 5.74) is 1.80. The Labute approximate surface area is 146 Å². The lowest BCUT2D eigenvalue weighted by molar-refractivity contribution is 0.0690. The number of hydrogen-bond donors (Lipinski definition) is 1. The van der Waals surface area contributed by atoms with Gasteiger partial charge in [0.05, 0.1) is 11.3 Å². The van der Waals surface area contributed by atoms with E-state index in [-0.39, 0.29) is 24.2 Å². The van der Waals surface area contributed by atoms with Crippen molar-refractivity contribution >= 4 is 12.1 Å². The topological polar surface area (TPSA) is 79.7 Å². The van der Waals surface area contributed by atoms with Gasteiger partial charge in [-0.1, -0.05) is 30.3 Å². The molecule has 1 saturated heterocycles. The molecule has 0 bridgehead atoms. The van der Waals surface area contributed by atoms with Gasteiger partial charge in [0, 0.05) is 25.2 Å². The summed E-state index contributed by atoms with van der Waals surface area (Å²) >= 11 is 0. The molecular weight excluding hydrogens is 320 g/mol. The fourth-order valence-corrected chi connectivity index (χ4v) is 3.07. The van der Waals surface area contributed by atoms with Crippen molar-refractivity contribution in [2.75, 3.05) is 13.1 Å². The van der Waals surface area contributed by atoms with Crippen LogP contribution in [-0.4, -0.2) is 40.1 Å². The van der Waals surface area contributed by atoms with Crippen molar-refractivity contribution in [1.82, 2.24) is 9.88 Å². The van der Waals surface area contributed by atoms with Crippen LogP contribution >= 0.6 is 0 Å². The molecule has 1 amide bonds. The number of piperidine rings is 1. The van der Waals surface area contributed by atoms with Gasteiger partial charge < -0.3 is 14.7 Å². The lowest BCUT2D eigenvalue weighted by atomic mass is 9.90. The Bertz CT molecular complexity index is 740. The summed E-state index contributed by atoms with van der Waals surface area (Å²) in [6.45, 7) is 1.32. The quantitative estimate of drug-likeness (QED) is 0.924. The monoisotopic (exact) mass is 340 g/mol. The smallest absolute Gasteiger partial charge is 0.410 e. The molecule has 0 atom stereocenters. The summed E-state index contributed by atoms with van der Waals surface area (Å²) in [7, 11) is 0. The third kappa shape index (κ3) is 4.15. The van der Waals surface area contributed by atoms with Gasteiger partial charge in [-0.15, -0.1) is 0 Å². The zero-order valence-electron chi connectivity index (χ0n) is 13.8. The molecular formula is C19H20N2O4. The van der Waals surface area contributed by atoms with Crippen molar-refractivity contribution < 1.29 is 19.4 Å². The lowest BCUT2D eigenvalue weighted by Gasteiger charge is -2.31. The molecule has 1 aliphatic heterocycles. The fraction of sp³-hybridized carbons (Fsp3) is 0.316. The molecule has 25 heavy (non-hydrogen) atoms. The van der Waals surface area contributed by atoms with E-state index in [0.717, 1.165) is 5.56 Å². The number of carboxylic acids is 1. The molecule has 1 aromatic carbocycles. The largest absolute Gasteiger partial charge is 0.478 e. The van der Waals surface area contributed by atoms with E-state index in [1.54, 1.807) is 23.2 Å². The predicted molar refractivity (Wildman–Crippen MR) is 91.4 cm³/mol. The van der Waals surface area contributed by atoms with E-state index in [2.05, 4.69) is 4.98 Å². The normalized spacial score (nSPS) is 15.0. The summed E-state index contributed by atoms with van der Waals surface area (Å²) in [6.07, 6.45) is 2.64. The lowest BCUT2D eigenvalue weighted by Crippen LogP contribution is -2.38. The van der Waals surface area contributed by atoms with Gasteiger partial charge in [0.2, 0.25) is 0 Å². The van der Waals surface area contributed by atoms with Crippen molar-refractivity contribution in [2.45, 2.75) is 25.4 Å². The van der Waals surface area contributed by atoms with Crippen molar-refractivity contribution in [3.8, 4) is 0 Å². The average molecular weight is 340 g/mol. The first-order valence-electron chi connectivity index (χ1n) is 8.29. The molecule has 0 unspecified atom stereocenters. The highest BCUT2D eigenvalue weighted by atomic mass is 16.6. The van der Waals surface area contributed by atoms with Crippen LogP contribution in [0.3, 0.4) is 0 Å². The van der Waals surface area contributed by atoms with Gasteiger partial charge in [-0.2, -0.15) is 0 Å². The number of benzene rings is 1. The second-order valence-electron chi connectivity index (χ2n) is 6.04. The van der Waals surface area contributed by atoms with Crippen LogP contribution in [0.2, 0.25) is 0 Å². The molecule has 0 saturated carbocycles. The van der Waals surface area contributed by atoms with Gasteiger partial charge in [-0.3, -0.25) is 4.98 Å². The molecule has 0 aliphatic carbocycles. The Kier molecular flexibility index (Phi) is 5.28. The molecule has 2 heterocycles. The van der Waals surface area contributed by atoms with Gasteiger partial charge in [0.1, 0.15) is 6.61 Å². The zero-order valence-corrected chi connectivity index (χ0v) is 13.8. The number of aromatic carboxylic acids is 1. The highest BCUT2D eigenvalue weighted by Gasteiger charge is 2.28. The molecule has 1 aliphatic rings. The minimum atomic E-state index is -0.965. The molecule has 1 N–H and O–H groups in total. The third-order valence-corrected chi connectivity index (χ3v) is 4.41. The fourth-order valence-electron chi connectivity index (χ4n) is 3.07. The first kappa shape index (κ1) is 17.0. The number of pyridine rings is 1. The summed E-state index contributed by atoms with van der Waals surface area (Å²) in [4.78, 5) is 29.4. The van der Waals surface area contributed by atoms with Crippen LogP contribution in [0.4, 0.5) is 4.79 Å². The predicted octanol–water partition coefficient (Wildman–Crippen LogP) is 3.30. The van der Waals surface area contributed by atoms with E-state index >= 15 is 0 Å². The minimum absolute atomic E-state index is 0.0467.